The van der Waals surface area contributed by atoms with Crippen molar-refractivity contribution in [2.45, 2.75) is 31.6 Å². The van der Waals surface area contributed by atoms with E-state index in [0.29, 0.717) is 6.42 Å². The van der Waals surface area contributed by atoms with Crippen LogP contribution in [0.3, 0.4) is 0 Å². The fourth-order valence-corrected chi connectivity index (χ4v) is 4.47. The molecule has 1 heterocycles. The standard InChI is InChI=1S/C17H23NO5S/c1-4-14(19)9-13-10-18(11-16(13)17(20)23-3)24(21,22)15-7-5-12(2)6-8-15/h5-8,13,16H,4,9-11H2,1-3H3/t13-,16+/m0/s1. The average Bonchev–Trinajstić information content (AvgIpc) is 2.99. The normalized spacial score (nSPS) is 21.6. The van der Waals surface area contributed by atoms with Crippen LogP contribution < -0.4 is 0 Å². The molecule has 2 rings (SSSR count). The van der Waals surface area contributed by atoms with Gasteiger partial charge in [-0.25, -0.2) is 8.42 Å². The molecular weight excluding hydrogens is 330 g/mol. The fraction of sp³-hybridized carbons (Fsp3) is 0.529. The quantitative estimate of drug-likeness (QED) is 0.728. The number of carbonyl (C=O) groups is 2. The Morgan fingerprint density at radius 2 is 1.83 bits per heavy atom. The van der Waals surface area contributed by atoms with Gasteiger partial charge < -0.3 is 4.74 Å². The predicted octanol–water partition coefficient (Wildman–Crippen LogP) is 1.77. The van der Waals surface area contributed by atoms with Crippen molar-refractivity contribution >= 4 is 21.8 Å². The maximum Gasteiger partial charge on any atom is 0.310 e. The number of benzene rings is 1. The van der Waals surface area contributed by atoms with Gasteiger partial charge in [-0.2, -0.15) is 4.31 Å². The van der Waals surface area contributed by atoms with Gasteiger partial charge in [-0.15, -0.1) is 0 Å². The molecule has 0 unspecified atom stereocenters. The molecule has 0 radical (unpaired) electrons. The monoisotopic (exact) mass is 353 g/mol. The van der Waals surface area contributed by atoms with Crippen LogP contribution in [0.1, 0.15) is 25.3 Å². The van der Waals surface area contributed by atoms with E-state index in [4.69, 9.17) is 4.74 Å². The van der Waals surface area contributed by atoms with Gasteiger partial charge in [0.25, 0.3) is 0 Å². The Hall–Kier alpha value is -1.73. The SMILES string of the molecule is CCC(=O)C[C@H]1CN(S(=O)(=O)c2ccc(C)cc2)C[C@H]1C(=O)OC. The van der Waals surface area contributed by atoms with E-state index in [1.54, 1.807) is 31.2 Å². The Morgan fingerprint density at radius 1 is 1.21 bits per heavy atom. The molecule has 6 nitrogen and oxygen atoms in total. The number of ketones is 1. The number of methoxy groups -OCH3 is 1. The van der Waals surface area contributed by atoms with E-state index in [1.807, 2.05) is 6.92 Å². The molecule has 0 amide bonds. The summed E-state index contributed by atoms with van der Waals surface area (Å²) in [7, 11) is -2.42. The van der Waals surface area contributed by atoms with E-state index in [1.165, 1.54) is 11.4 Å². The minimum absolute atomic E-state index is 0.0171. The van der Waals surface area contributed by atoms with Gasteiger partial charge in [-0.1, -0.05) is 24.6 Å². The van der Waals surface area contributed by atoms with E-state index in [0.717, 1.165) is 5.56 Å². The van der Waals surface area contributed by atoms with Crippen LogP contribution in [0.15, 0.2) is 29.2 Å². The molecule has 0 bridgehead atoms. The molecule has 2 atom stereocenters. The van der Waals surface area contributed by atoms with Crippen molar-refractivity contribution in [2.24, 2.45) is 11.8 Å². The van der Waals surface area contributed by atoms with Crippen molar-refractivity contribution in [3.8, 4) is 0 Å². The highest BCUT2D eigenvalue weighted by Gasteiger charge is 2.43. The average molecular weight is 353 g/mol. The second-order valence-corrected chi connectivity index (χ2v) is 8.06. The smallest absolute Gasteiger partial charge is 0.310 e. The van der Waals surface area contributed by atoms with Crippen LogP contribution in [-0.2, 0) is 24.3 Å². The summed E-state index contributed by atoms with van der Waals surface area (Å²) in [6.45, 7) is 3.84. The lowest BCUT2D eigenvalue weighted by Gasteiger charge is -2.16. The molecular formula is C17H23NO5S. The first-order valence-corrected chi connectivity index (χ1v) is 9.40. The number of esters is 1. The van der Waals surface area contributed by atoms with E-state index >= 15 is 0 Å². The van der Waals surface area contributed by atoms with Crippen molar-refractivity contribution in [2.75, 3.05) is 20.2 Å². The number of sulfonamides is 1. The van der Waals surface area contributed by atoms with E-state index in [9.17, 15) is 18.0 Å². The lowest BCUT2D eigenvalue weighted by Crippen LogP contribution is -2.30. The number of carbonyl (C=O) groups excluding carboxylic acids is 2. The molecule has 1 aromatic carbocycles. The molecule has 1 fully saturated rings. The molecule has 0 saturated carbocycles. The number of Topliss-reactive ketones (excluding diaryl/α,β-unsaturated/α-hetero) is 1. The van der Waals surface area contributed by atoms with E-state index < -0.39 is 21.9 Å². The van der Waals surface area contributed by atoms with Crippen LogP contribution in [0.4, 0.5) is 0 Å². The zero-order valence-corrected chi connectivity index (χ0v) is 15.0. The fourth-order valence-electron chi connectivity index (χ4n) is 2.95. The Morgan fingerprint density at radius 3 is 2.38 bits per heavy atom. The zero-order valence-electron chi connectivity index (χ0n) is 14.2. The first kappa shape index (κ1) is 18.6. The number of rotatable bonds is 6. The predicted molar refractivity (Wildman–Crippen MR) is 88.8 cm³/mol. The molecule has 1 aromatic rings. The number of ether oxygens (including phenoxy) is 1. The molecule has 0 aromatic heterocycles. The third-order valence-corrected chi connectivity index (χ3v) is 6.30. The van der Waals surface area contributed by atoms with Crippen LogP contribution in [0.25, 0.3) is 0 Å². The zero-order chi connectivity index (χ0) is 17.9. The summed E-state index contributed by atoms with van der Waals surface area (Å²) in [5, 5.41) is 0. The van der Waals surface area contributed by atoms with Crippen LogP contribution >= 0.6 is 0 Å². The molecule has 1 aliphatic heterocycles. The third-order valence-electron chi connectivity index (χ3n) is 4.45. The molecule has 132 valence electrons. The molecule has 1 aliphatic rings. The van der Waals surface area contributed by atoms with Gasteiger partial charge in [0.05, 0.1) is 17.9 Å². The van der Waals surface area contributed by atoms with Crippen LogP contribution in [0.2, 0.25) is 0 Å². The van der Waals surface area contributed by atoms with Gasteiger partial charge in [-0.3, -0.25) is 9.59 Å². The largest absolute Gasteiger partial charge is 0.469 e. The molecule has 7 heteroatoms. The Kier molecular flexibility index (Phi) is 5.77. The Balaban J connectivity index is 2.26. The van der Waals surface area contributed by atoms with Gasteiger partial charge >= 0.3 is 5.97 Å². The Bertz CT molecular complexity index is 711. The highest BCUT2D eigenvalue weighted by Crippen LogP contribution is 2.32. The van der Waals surface area contributed by atoms with Crippen LogP contribution in [-0.4, -0.2) is 44.7 Å². The maximum absolute atomic E-state index is 12.8. The molecule has 24 heavy (non-hydrogen) atoms. The van der Waals surface area contributed by atoms with Gasteiger partial charge in [0.15, 0.2) is 0 Å². The molecule has 0 N–H and O–H groups in total. The van der Waals surface area contributed by atoms with Crippen molar-refractivity contribution < 1.29 is 22.7 Å². The van der Waals surface area contributed by atoms with Gasteiger partial charge in [0.2, 0.25) is 10.0 Å². The summed E-state index contributed by atoms with van der Waals surface area (Å²) in [5.74, 6) is -1.40. The van der Waals surface area contributed by atoms with Gasteiger partial charge in [-0.05, 0) is 25.0 Å². The minimum atomic E-state index is -3.69. The summed E-state index contributed by atoms with van der Waals surface area (Å²) < 4.78 is 31.7. The minimum Gasteiger partial charge on any atom is -0.469 e. The summed E-state index contributed by atoms with van der Waals surface area (Å²) >= 11 is 0. The summed E-state index contributed by atoms with van der Waals surface area (Å²) in [4.78, 5) is 24.0. The maximum atomic E-state index is 12.8. The van der Waals surface area contributed by atoms with Crippen molar-refractivity contribution in [1.82, 2.24) is 4.31 Å². The first-order valence-electron chi connectivity index (χ1n) is 7.96. The summed E-state index contributed by atoms with van der Waals surface area (Å²) in [6.07, 6.45) is 0.561. The topological polar surface area (TPSA) is 80.8 Å². The van der Waals surface area contributed by atoms with Crippen LogP contribution in [0, 0.1) is 18.8 Å². The summed E-state index contributed by atoms with van der Waals surface area (Å²) in [5.41, 5.74) is 0.967. The number of aryl methyl sites for hydroxylation is 1. The van der Waals surface area contributed by atoms with E-state index in [2.05, 4.69) is 0 Å². The molecule has 1 saturated heterocycles. The van der Waals surface area contributed by atoms with E-state index in [-0.39, 0.29) is 36.1 Å². The Labute approximate surface area is 142 Å². The number of hydrogen-bond donors (Lipinski definition) is 0. The first-order chi connectivity index (χ1) is 11.3. The summed E-state index contributed by atoms with van der Waals surface area (Å²) in [6, 6.07) is 6.59. The van der Waals surface area contributed by atoms with Crippen molar-refractivity contribution in [3.63, 3.8) is 0 Å². The lowest BCUT2D eigenvalue weighted by molar-refractivity contribution is -0.146. The highest BCUT2D eigenvalue weighted by molar-refractivity contribution is 7.89. The van der Waals surface area contributed by atoms with Gasteiger partial charge in [0, 0.05) is 25.9 Å². The third kappa shape index (κ3) is 3.84. The van der Waals surface area contributed by atoms with Crippen LogP contribution in [0.5, 0.6) is 0 Å². The molecule has 0 aliphatic carbocycles. The van der Waals surface area contributed by atoms with Gasteiger partial charge in [0.1, 0.15) is 5.78 Å². The number of nitrogens with zero attached hydrogens (tertiary/aromatic N) is 1. The van der Waals surface area contributed by atoms with Crippen molar-refractivity contribution in [1.29, 1.82) is 0 Å². The molecule has 0 spiro atoms. The number of hydrogen-bond acceptors (Lipinski definition) is 5. The highest BCUT2D eigenvalue weighted by atomic mass is 32.2. The lowest BCUT2D eigenvalue weighted by atomic mass is 9.91. The van der Waals surface area contributed by atoms with Crippen molar-refractivity contribution in [3.05, 3.63) is 29.8 Å². The second kappa shape index (κ2) is 7.44. The second-order valence-electron chi connectivity index (χ2n) is 6.12.